The van der Waals surface area contributed by atoms with Crippen LogP contribution in [-0.4, -0.2) is 9.97 Å². The first-order chi connectivity index (χ1) is 8.79. The lowest BCUT2D eigenvalue weighted by atomic mass is 9.82. The molecule has 4 heteroatoms. The molecule has 1 aliphatic carbocycles. The molecule has 0 spiro atoms. The van der Waals surface area contributed by atoms with Crippen LogP contribution in [-0.2, 0) is 5.41 Å². The van der Waals surface area contributed by atoms with Crippen LogP contribution in [0.1, 0.15) is 70.8 Å². The van der Waals surface area contributed by atoms with Gasteiger partial charge < -0.3 is 0 Å². The smallest absolute Gasteiger partial charge is 0.147 e. The van der Waals surface area contributed by atoms with Crippen LogP contribution in [0.15, 0.2) is 4.47 Å². The Kier molecular flexibility index (Phi) is 4.56. The van der Waals surface area contributed by atoms with Crippen molar-refractivity contribution < 1.29 is 0 Å². The summed E-state index contributed by atoms with van der Waals surface area (Å²) in [4.78, 5) is 9.33. The number of halogens is 2. The van der Waals surface area contributed by atoms with Gasteiger partial charge in [-0.2, -0.15) is 0 Å². The van der Waals surface area contributed by atoms with Gasteiger partial charge in [0.15, 0.2) is 0 Å². The van der Waals surface area contributed by atoms with E-state index in [9.17, 15) is 0 Å². The third kappa shape index (κ3) is 3.49. The molecular weight excluding hydrogens is 324 g/mol. The molecule has 106 valence electrons. The van der Waals surface area contributed by atoms with Crippen LogP contribution in [0.2, 0.25) is 5.15 Å². The number of hydrogen-bond donors (Lipinski definition) is 0. The number of nitrogens with zero attached hydrogens (tertiary/aromatic N) is 2. The fourth-order valence-electron chi connectivity index (χ4n) is 2.78. The lowest BCUT2D eigenvalue weighted by Crippen LogP contribution is -2.20. The van der Waals surface area contributed by atoms with Crippen LogP contribution < -0.4 is 0 Å². The molecule has 1 saturated carbocycles. The molecule has 1 aromatic heterocycles. The summed E-state index contributed by atoms with van der Waals surface area (Å²) in [7, 11) is 0. The summed E-state index contributed by atoms with van der Waals surface area (Å²) >= 11 is 9.81. The van der Waals surface area contributed by atoms with E-state index in [4.69, 9.17) is 16.6 Å². The Morgan fingerprint density at radius 3 is 2.47 bits per heavy atom. The van der Waals surface area contributed by atoms with Gasteiger partial charge in [0.1, 0.15) is 11.0 Å². The van der Waals surface area contributed by atoms with Crippen molar-refractivity contribution in [2.45, 2.75) is 64.7 Å². The quantitative estimate of drug-likeness (QED) is 0.629. The van der Waals surface area contributed by atoms with Crippen LogP contribution in [0, 0.1) is 5.92 Å². The third-order valence-corrected chi connectivity index (χ3v) is 5.09. The molecule has 0 aliphatic heterocycles. The molecule has 2 atom stereocenters. The molecule has 2 rings (SSSR count). The highest BCUT2D eigenvalue weighted by Crippen LogP contribution is 2.38. The summed E-state index contributed by atoms with van der Waals surface area (Å²) in [5.41, 5.74) is 0.987. The Hall–Kier alpha value is -0.150. The van der Waals surface area contributed by atoms with Crippen molar-refractivity contribution in [3.8, 4) is 0 Å². The molecule has 0 bridgehead atoms. The Morgan fingerprint density at radius 1 is 1.21 bits per heavy atom. The van der Waals surface area contributed by atoms with Crippen molar-refractivity contribution in [3.05, 3.63) is 21.1 Å². The van der Waals surface area contributed by atoms with Gasteiger partial charge in [-0.15, -0.1) is 0 Å². The van der Waals surface area contributed by atoms with Gasteiger partial charge in [-0.25, -0.2) is 9.97 Å². The molecule has 1 fully saturated rings. The van der Waals surface area contributed by atoms with Crippen LogP contribution in [0.25, 0.3) is 0 Å². The zero-order valence-electron chi connectivity index (χ0n) is 12.1. The molecule has 2 nitrogen and oxygen atoms in total. The van der Waals surface area contributed by atoms with E-state index in [1.807, 2.05) is 0 Å². The molecule has 0 saturated heterocycles. The standard InChI is InChI=1S/C15H22BrClN2/c1-9-6-5-7-10(8-9)14-18-12(15(2,3)4)11(16)13(17)19-14/h9-10H,5-8H2,1-4H3. The summed E-state index contributed by atoms with van der Waals surface area (Å²) in [5, 5.41) is 0.549. The van der Waals surface area contributed by atoms with Gasteiger partial charge in [0.2, 0.25) is 0 Å². The lowest BCUT2D eigenvalue weighted by Gasteiger charge is -2.27. The summed E-state index contributed by atoms with van der Waals surface area (Å²) in [6.45, 7) is 8.79. The Labute approximate surface area is 129 Å². The summed E-state index contributed by atoms with van der Waals surface area (Å²) in [5.74, 6) is 2.17. The maximum absolute atomic E-state index is 6.28. The van der Waals surface area contributed by atoms with E-state index < -0.39 is 0 Å². The minimum atomic E-state index is -0.0273. The first kappa shape index (κ1) is 15.2. The fourth-order valence-corrected chi connectivity index (χ4v) is 3.73. The molecule has 0 amide bonds. The summed E-state index contributed by atoms with van der Waals surface area (Å²) in [6.07, 6.45) is 4.97. The van der Waals surface area contributed by atoms with Crippen LogP contribution in [0.4, 0.5) is 0 Å². The highest BCUT2D eigenvalue weighted by atomic mass is 79.9. The van der Waals surface area contributed by atoms with Crippen LogP contribution in [0.3, 0.4) is 0 Å². The number of rotatable bonds is 1. The van der Waals surface area contributed by atoms with E-state index in [1.165, 1.54) is 25.7 Å². The normalized spacial score (nSPS) is 24.5. The summed E-state index contributed by atoms with van der Waals surface area (Å²) < 4.78 is 0.842. The van der Waals surface area contributed by atoms with Crippen LogP contribution in [0.5, 0.6) is 0 Å². The Bertz CT molecular complexity index is 468. The molecule has 1 aliphatic rings. The van der Waals surface area contributed by atoms with Gasteiger partial charge in [-0.1, -0.05) is 52.1 Å². The number of hydrogen-bond acceptors (Lipinski definition) is 2. The second-order valence-electron chi connectivity index (χ2n) is 6.75. The van der Waals surface area contributed by atoms with Gasteiger partial charge in [-0.3, -0.25) is 0 Å². The zero-order valence-corrected chi connectivity index (χ0v) is 14.5. The van der Waals surface area contributed by atoms with Crippen molar-refractivity contribution in [2.75, 3.05) is 0 Å². The van der Waals surface area contributed by atoms with Crippen molar-refractivity contribution in [1.82, 2.24) is 9.97 Å². The van der Waals surface area contributed by atoms with Gasteiger partial charge >= 0.3 is 0 Å². The van der Waals surface area contributed by atoms with Crippen LogP contribution >= 0.6 is 27.5 Å². The average molecular weight is 346 g/mol. The van der Waals surface area contributed by atoms with Crippen molar-refractivity contribution in [2.24, 2.45) is 5.92 Å². The van der Waals surface area contributed by atoms with Gasteiger partial charge in [0, 0.05) is 11.3 Å². The topological polar surface area (TPSA) is 25.8 Å². The molecule has 19 heavy (non-hydrogen) atoms. The first-order valence-electron chi connectivity index (χ1n) is 7.02. The minimum absolute atomic E-state index is 0.0273. The van der Waals surface area contributed by atoms with Gasteiger partial charge in [0.05, 0.1) is 10.2 Å². The van der Waals surface area contributed by atoms with Gasteiger partial charge in [0.25, 0.3) is 0 Å². The fraction of sp³-hybridized carbons (Fsp3) is 0.733. The first-order valence-corrected chi connectivity index (χ1v) is 8.19. The van der Waals surface area contributed by atoms with E-state index in [2.05, 4.69) is 48.6 Å². The zero-order chi connectivity index (χ0) is 14.2. The predicted octanol–water partition coefficient (Wildman–Crippen LogP) is 5.48. The monoisotopic (exact) mass is 344 g/mol. The maximum Gasteiger partial charge on any atom is 0.147 e. The van der Waals surface area contributed by atoms with E-state index in [1.54, 1.807) is 0 Å². The Morgan fingerprint density at radius 2 is 1.89 bits per heavy atom. The van der Waals surface area contributed by atoms with E-state index in [-0.39, 0.29) is 5.41 Å². The Balaban J connectivity index is 2.39. The minimum Gasteiger partial charge on any atom is -0.236 e. The highest BCUT2D eigenvalue weighted by molar-refractivity contribution is 9.10. The maximum atomic E-state index is 6.28. The van der Waals surface area contributed by atoms with Gasteiger partial charge in [-0.05, 0) is 34.7 Å². The summed E-state index contributed by atoms with van der Waals surface area (Å²) in [6, 6.07) is 0. The van der Waals surface area contributed by atoms with E-state index >= 15 is 0 Å². The second kappa shape index (κ2) is 5.69. The largest absolute Gasteiger partial charge is 0.236 e. The molecular formula is C15H22BrClN2. The highest BCUT2D eigenvalue weighted by Gasteiger charge is 2.27. The van der Waals surface area contributed by atoms with E-state index in [0.29, 0.717) is 11.1 Å². The molecule has 1 aromatic rings. The molecule has 0 radical (unpaired) electrons. The van der Waals surface area contributed by atoms with Crippen molar-refractivity contribution in [1.29, 1.82) is 0 Å². The molecule has 1 heterocycles. The second-order valence-corrected chi connectivity index (χ2v) is 7.90. The van der Waals surface area contributed by atoms with E-state index in [0.717, 1.165) is 21.9 Å². The molecule has 0 aromatic carbocycles. The van der Waals surface area contributed by atoms with Crippen molar-refractivity contribution in [3.63, 3.8) is 0 Å². The lowest BCUT2D eigenvalue weighted by molar-refractivity contribution is 0.333. The average Bonchev–Trinajstić information content (AvgIpc) is 2.31. The third-order valence-electron chi connectivity index (χ3n) is 3.84. The predicted molar refractivity (Wildman–Crippen MR) is 83.8 cm³/mol. The SMILES string of the molecule is CC1CCCC(c2nc(Cl)c(Br)c(C(C)(C)C)n2)C1. The van der Waals surface area contributed by atoms with Crippen molar-refractivity contribution >= 4 is 27.5 Å². The molecule has 2 unspecified atom stereocenters. The number of aromatic nitrogens is 2. The molecule has 0 N–H and O–H groups in total.